The van der Waals surface area contributed by atoms with Gasteiger partial charge < -0.3 is 5.73 Å². The van der Waals surface area contributed by atoms with Crippen LogP contribution in [0.2, 0.25) is 0 Å². The molecule has 0 bridgehead atoms. The second-order valence-electron chi connectivity index (χ2n) is 4.99. The molecule has 0 atom stereocenters. The minimum Gasteiger partial charge on any atom is -0.399 e. The Labute approximate surface area is 118 Å². The molecule has 0 aromatic heterocycles. The van der Waals surface area contributed by atoms with Crippen molar-refractivity contribution in [3.63, 3.8) is 0 Å². The van der Waals surface area contributed by atoms with Crippen LogP contribution in [0, 0.1) is 16.0 Å². The molecular weight excluding hydrogens is 282 g/mol. The largest absolute Gasteiger partial charge is 0.399 e. The Morgan fingerprint density at radius 3 is 2.50 bits per heavy atom. The number of sulfonamides is 1. The molecule has 0 radical (unpaired) electrons. The third-order valence-corrected chi connectivity index (χ3v) is 4.78. The Kier molecular flexibility index (Phi) is 5.07. The predicted molar refractivity (Wildman–Crippen MR) is 76.8 cm³/mol. The van der Waals surface area contributed by atoms with Gasteiger partial charge >= 0.3 is 0 Å². The zero-order valence-corrected chi connectivity index (χ0v) is 12.6. The number of nitrogens with zero attached hydrogens (tertiary/aromatic N) is 2. The second kappa shape index (κ2) is 6.19. The lowest BCUT2D eigenvalue weighted by atomic mass is 10.1. The van der Waals surface area contributed by atoms with Crippen LogP contribution in [0.25, 0.3) is 0 Å². The molecule has 0 aliphatic rings. The first-order chi connectivity index (χ1) is 9.16. The van der Waals surface area contributed by atoms with Crippen molar-refractivity contribution < 1.29 is 13.3 Å². The highest BCUT2D eigenvalue weighted by molar-refractivity contribution is 7.89. The standard InChI is InChI=1S/C12H19N3O4S/c1-9(2)6-7-14(3)20(18,19)12-8-10(13)4-5-11(12)15(16)17/h4-5,8-9H,6-7,13H2,1-3H3. The molecular formula is C12H19N3O4S. The molecule has 8 heteroatoms. The number of nitrogens with two attached hydrogens (primary N) is 1. The van der Waals surface area contributed by atoms with E-state index in [1.165, 1.54) is 13.1 Å². The van der Waals surface area contributed by atoms with E-state index >= 15 is 0 Å². The summed E-state index contributed by atoms with van der Waals surface area (Å²) in [5.74, 6) is 0.337. The summed E-state index contributed by atoms with van der Waals surface area (Å²) in [4.78, 5) is 9.86. The highest BCUT2D eigenvalue weighted by atomic mass is 32.2. The Hall–Kier alpha value is -1.67. The van der Waals surface area contributed by atoms with Crippen LogP contribution in [-0.4, -0.2) is 31.2 Å². The van der Waals surface area contributed by atoms with Gasteiger partial charge in [0, 0.05) is 25.3 Å². The lowest BCUT2D eigenvalue weighted by Crippen LogP contribution is -2.29. The average Bonchev–Trinajstić information content (AvgIpc) is 2.35. The zero-order valence-electron chi connectivity index (χ0n) is 11.7. The number of rotatable bonds is 6. The topological polar surface area (TPSA) is 107 Å². The van der Waals surface area contributed by atoms with Gasteiger partial charge in [0.2, 0.25) is 10.0 Å². The smallest absolute Gasteiger partial charge is 0.289 e. The molecule has 1 rings (SSSR count). The van der Waals surface area contributed by atoms with Crippen LogP contribution in [0.5, 0.6) is 0 Å². The third kappa shape index (κ3) is 3.67. The van der Waals surface area contributed by atoms with Crippen LogP contribution < -0.4 is 5.73 Å². The first kappa shape index (κ1) is 16.4. The van der Waals surface area contributed by atoms with Crippen LogP contribution in [0.15, 0.2) is 23.1 Å². The third-order valence-electron chi connectivity index (χ3n) is 2.89. The molecule has 0 heterocycles. The molecule has 0 saturated heterocycles. The summed E-state index contributed by atoms with van der Waals surface area (Å²) in [5.41, 5.74) is 5.25. The van der Waals surface area contributed by atoms with Crippen molar-refractivity contribution in [2.75, 3.05) is 19.3 Å². The van der Waals surface area contributed by atoms with E-state index in [2.05, 4.69) is 0 Å². The van der Waals surface area contributed by atoms with E-state index in [-0.39, 0.29) is 10.6 Å². The van der Waals surface area contributed by atoms with Gasteiger partial charge in [0.15, 0.2) is 4.90 Å². The summed E-state index contributed by atoms with van der Waals surface area (Å²) in [6, 6.07) is 3.54. The number of hydrogen-bond acceptors (Lipinski definition) is 5. The van der Waals surface area contributed by atoms with Crippen LogP contribution in [-0.2, 0) is 10.0 Å². The Morgan fingerprint density at radius 2 is 2.00 bits per heavy atom. The number of nitro benzene ring substituents is 1. The SMILES string of the molecule is CC(C)CCN(C)S(=O)(=O)c1cc(N)ccc1[N+](=O)[O-]. The highest BCUT2D eigenvalue weighted by Gasteiger charge is 2.29. The van der Waals surface area contributed by atoms with E-state index < -0.39 is 20.6 Å². The minimum absolute atomic E-state index is 0.173. The second-order valence-corrected chi connectivity index (χ2v) is 7.01. The molecule has 0 unspecified atom stereocenters. The summed E-state index contributed by atoms with van der Waals surface area (Å²) in [6.45, 7) is 4.25. The van der Waals surface area contributed by atoms with Crippen molar-refractivity contribution in [3.05, 3.63) is 28.3 Å². The lowest BCUT2D eigenvalue weighted by Gasteiger charge is -2.18. The molecule has 20 heavy (non-hydrogen) atoms. The van der Waals surface area contributed by atoms with Gasteiger partial charge in [-0.1, -0.05) is 13.8 Å². The summed E-state index contributed by atoms with van der Waals surface area (Å²) < 4.78 is 25.9. The van der Waals surface area contributed by atoms with E-state index in [4.69, 9.17) is 5.73 Å². The summed E-state index contributed by atoms with van der Waals surface area (Å²) >= 11 is 0. The lowest BCUT2D eigenvalue weighted by molar-refractivity contribution is -0.387. The fourth-order valence-corrected chi connectivity index (χ4v) is 2.99. The molecule has 7 nitrogen and oxygen atoms in total. The molecule has 0 aliphatic heterocycles. The van der Waals surface area contributed by atoms with Gasteiger partial charge in [-0.3, -0.25) is 10.1 Å². The molecule has 112 valence electrons. The molecule has 1 aromatic rings. The highest BCUT2D eigenvalue weighted by Crippen LogP contribution is 2.28. The first-order valence-electron chi connectivity index (χ1n) is 6.16. The van der Waals surface area contributed by atoms with Gasteiger partial charge in [0.1, 0.15) is 0 Å². The molecule has 2 N–H and O–H groups in total. The number of anilines is 1. The fourth-order valence-electron chi connectivity index (χ4n) is 1.62. The van der Waals surface area contributed by atoms with Gasteiger partial charge in [-0.2, -0.15) is 0 Å². The number of hydrogen-bond donors (Lipinski definition) is 1. The van der Waals surface area contributed by atoms with Crippen LogP contribution in [0.1, 0.15) is 20.3 Å². The Bertz CT molecular complexity index is 599. The normalized spacial score (nSPS) is 12.1. The van der Waals surface area contributed by atoms with E-state index in [1.54, 1.807) is 0 Å². The van der Waals surface area contributed by atoms with Crippen LogP contribution in [0.4, 0.5) is 11.4 Å². The van der Waals surface area contributed by atoms with Crippen molar-refractivity contribution in [1.29, 1.82) is 0 Å². The first-order valence-corrected chi connectivity index (χ1v) is 7.60. The summed E-state index contributed by atoms with van der Waals surface area (Å²) in [5, 5.41) is 11.0. The molecule has 0 fully saturated rings. The maximum Gasteiger partial charge on any atom is 0.289 e. The van der Waals surface area contributed by atoms with Gasteiger partial charge in [-0.15, -0.1) is 0 Å². The van der Waals surface area contributed by atoms with Crippen molar-refractivity contribution in [3.8, 4) is 0 Å². The quantitative estimate of drug-likeness (QED) is 0.490. The minimum atomic E-state index is -3.92. The van der Waals surface area contributed by atoms with E-state index in [0.29, 0.717) is 18.9 Å². The van der Waals surface area contributed by atoms with Gasteiger partial charge in [0.05, 0.1) is 4.92 Å². The van der Waals surface area contributed by atoms with Gasteiger partial charge in [-0.05, 0) is 24.5 Å². The average molecular weight is 301 g/mol. The molecule has 0 saturated carbocycles. The fraction of sp³-hybridized carbons (Fsp3) is 0.500. The maximum absolute atomic E-state index is 12.4. The zero-order chi connectivity index (χ0) is 15.5. The summed E-state index contributed by atoms with van der Waals surface area (Å²) in [6.07, 6.45) is 0.672. The molecule has 1 aromatic carbocycles. The maximum atomic E-state index is 12.4. The van der Waals surface area contributed by atoms with Crippen molar-refractivity contribution >= 4 is 21.4 Å². The van der Waals surface area contributed by atoms with Gasteiger partial charge in [0.25, 0.3) is 5.69 Å². The number of nitrogen functional groups attached to an aromatic ring is 1. The number of nitro groups is 1. The monoisotopic (exact) mass is 301 g/mol. The van der Waals surface area contributed by atoms with E-state index in [0.717, 1.165) is 16.4 Å². The van der Waals surface area contributed by atoms with Crippen LogP contribution >= 0.6 is 0 Å². The van der Waals surface area contributed by atoms with Crippen molar-refractivity contribution in [1.82, 2.24) is 4.31 Å². The van der Waals surface area contributed by atoms with Crippen LogP contribution in [0.3, 0.4) is 0 Å². The van der Waals surface area contributed by atoms with E-state index in [1.807, 2.05) is 13.8 Å². The molecule has 0 aliphatic carbocycles. The van der Waals surface area contributed by atoms with E-state index in [9.17, 15) is 18.5 Å². The van der Waals surface area contributed by atoms with Crippen molar-refractivity contribution in [2.24, 2.45) is 5.92 Å². The summed E-state index contributed by atoms with van der Waals surface area (Å²) in [7, 11) is -2.51. The molecule has 0 amide bonds. The Balaban J connectivity index is 3.21. The number of benzene rings is 1. The van der Waals surface area contributed by atoms with Gasteiger partial charge in [-0.25, -0.2) is 12.7 Å². The Morgan fingerprint density at radius 1 is 1.40 bits per heavy atom. The van der Waals surface area contributed by atoms with Crippen molar-refractivity contribution in [2.45, 2.75) is 25.2 Å². The predicted octanol–water partition coefficient (Wildman–Crippen LogP) is 1.84. The molecule has 0 spiro atoms.